The molecule has 1 unspecified atom stereocenters. The van der Waals surface area contributed by atoms with Crippen LogP contribution in [0.15, 0.2) is 48.8 Å². The minimum absolute atomic E-state index is 0.438. The normalized spacial score (nSPS) is 12.2. The summed E-state index contributed by atoms with van der Waals surface area (Å²) < 4.78 is 2.53. The number of pyridine rings is 1. The van der Waals surface area contributed by atoms with E-state index in [1.54, 1.807) is 11.1 Å². The van der Waals surface area contributed by atoms with E-state index in [1.807, 2.05) is 0 Å². The van der Waals surface area contributed by atoms with Gasteiger partial charge in [0.2, 0.25) is 0 Å². The Labute approximate surface area is 206 Å². The molecule has 0 saturated heterocycles. The molecule has 2 aromatic rings. The summed E-state index contributed by atoms with van der Waals surface area (Å²) in [6.07, 6.45) is 27.8. The van der Waals surface area contributed by atoms with Gasteiger partial charge in [-0.15, -0.1) is 0 Å². The minimum Gasteiger partial charge on any atom is -0.198 e. The van der Waals surface area contributed by atoms with Crippen molar-refractivity contribution in [2.75, 3.05) is 0 Å². The zero-order valence-corrected chi connectivity index (χ0v) is 22.2. The van der Waals surface area contributed by atoms with Crippen molar-refractivity contribution in [3.8, 4) is 0 Å². The summed E-state index contributed by atoms with van der Waals surface area (Å²) in [5.74, 6) is 0. The van der Waals surface area contributed by atoms with Gasteiger partial charge in [-0.3, -0.25) is 0 Å². The van der Waals surface area contributed by atoms with Crippen molar-refractivity contribution in [2.24, 2.45) is 0 Å². The standard InChI is InChI=1S/C32H52N/c1-4-7-9-11-13-15-18-22-29-26-30(23-19-16-14-12-10-8-5-2)28-33(27-29)32(6-3)31-24-20-17-21-25-31/h17,20-21,24-28,32H,4-16,18-19,22-23H2,1-3H3/q+1. The van der Waals surface area contributed by atoms with Crippen molar-refractivity contribution in [3.05, 3.63) is 65.5 Å². The smallest absolute Gasteiger partial charge is 0.183 e. The van der Waals surface area contributed by atoms with Crippen molar-refractivity contribution in [2.45, 2.75) is 136 Å². The van der Waals surface area contributed by atoms with E-state index in [9.17, 15) is 0 Å². The molecule has 0 aliphatic heterocycles. The molecule has 0 N–H and O–H groups in total. The van der Waals surface area contributed by atoms with Gasteiger partial charge in [-0.1, -0.05) is 128 Å². The van der Waals surface area contributed by atoms with Gasteiger partial charge in [0.15, 0.2) is 18.4 Å². The fourth-order valence-corrected chi connectivity index (χ4v) is 5.05. The van der Waals surface area contributed by atoms with E-state index in [4.69, 9.17) is 0 Å². The van der Waals surface area contributed by atoms with Crippen LogP contribution in [0.25, 0.3) is 0 Å². The van der Waals surface area contributed by atoms with E-state index >= 15 is 0 Å². The Balaban J connectivity index is 1.99. The highest BCUT2D eigenvalue weighted by Gasteiger charge is 2.20. The summed E-state index contributed by atoms with van der Waals surface area (Å²) in [6, 6.07) is 14.0. The van der Waals surface area contributed by atoms with Crippen LogP contribution < -0.4 is 4.57 Å². The van der Waals surface area contributed by atoms with E-state index in [0.717, 1.165) is 6.42 Å². The predicted octanol–water partition coefficient (Wildman–Crippen LogP) is 9.56. The zero-order chi connectivity index (χ0) is 23.6. The average Bonchev–Trinajstić information content (AvgIpc) is 2.84. The van der Waals surface area contributed by atoms with Gasteiger partial charge in [0.1, 0.15) is 0 Å². The zero-order valence-electron chi connectivity index (χ0n) is 22.2. The number of hydrogen-bond donors (Lipinski definition) is 0. The molecule has 0 radical (unpaired) electrons. The molecule has 0 spiro atoms. The van der Waals surface area contributed by atoms with Crippen LogP contribution in [0.2, 0.25) is 0 Å². The van der Waals surface area contributed by atoms with Crippen molar-refractivity contribution in [3.63, 3.8) is 0 Å². The van der Waals surface area contributed by atoms with E-state index in [1.165, 1.54) is 108 Å². The molecule has 33 heavy (non-hydrogen) atoms. The molecule has 1 heterocycles. The molecular weight excluding hydrogens is 398 g/mol. The summed E-state index contributed by atoms with van der Waals surface area (Å²) in [5, 5.41) is 0. The molecule has 0 amide bonds. The lowest BCUT2D eigenvalue weighted by molar-refractivity contribution is -0.714. The van der Waals surface area contributed by atoms with Crippen LogP contribution in [0.5, 0.6) is 0 Å². The van der Waals surface area contributed by atoms with Crippen LogP contribution in [0.1, 0.15) is 140 Å². The third-order valence-corrected chi connectivity index (χ3v) is 7.07. The first-order valence-electron chi connectivity index (χ1n) is 14.4. The number of nitrogens with zero attached hydrogens (tertiary/aromatic N) is 1. The molecule has 1 atom stereocenters. The first-order valence-corrected chi connectivity index (χ1v) is 14.4. The fourth-order valence-electron chi connectivity index (χ4n) is 5.05. The second-order valence-corrected chi connectivity index (χ2v) is 10.1. The van der Waals surface area contributed by atoms with Crippen molar-refractivity contribution >= 4 is 0 Å². The molecule has 1 heteroatoms. The fraction of sp³-hybridized carbons (Fsp3) is 0.656. The van der Waals surface area contributed by atoms with Gasteiger partial charge in [0, 0.05) is 23.1 Å². The SMILES string of the molecule is CCCCCCCCCc1cc(CCCCCCCCC)c[n+](C(CC)c2ccccc2)c1. The van der Waals surface area contributed by atoms with E-state index < -0.39 is 0 Å². The quantitative estimate of drug-likeness (QED) is 0.148. The minimum atomic E-state index is 0.438. The Kier molecular flexibility index (Phi) is 14.9. The topological polar surface area (TPSA) is 3.88 Å². The molecule has 1 aromatic carbocycles. The number of aryl methyl sites for hydroxylation is 2. The van der Waals surface area contributed by atoms with Crippen molar-refractivity contribution in [1.29, 1.82) is 0 Å². The summed E-state index contributed by atoms with van der Waals surface area (Å²) in [7, 11) is 0. The van der Waals surface area contributed by atoms with E-state index in [0.29, 0.717) is 6.04 Å². The number of aromatic nitrogens is 1. The molecule has 1 nitrogen and oxygen atoms in total. The molecular formula is C32H52N+. The van der Waals surface area contributed by atoms with Crippen LogP contribution in [-0.4, -0.2) is 0 Å². The Hall–Kier alpha value is -1.63. The van der Waals surface area contributed by atoms with Gasteiger partial charge >= 0.3 is 0 Å². The maximum Gasteiger partial charge on any atom is 0.183 e. The number of hydrogen-bond acceptors (Lipinski definition) is 0. The average molecular weight is 451 g/mol. The predicted molar refractivity (Wildman–Crippen MR) is 145 cm³/mol. The van der Waals surface area contributed by atoms with Gasteiger partial charge in [-0.2, -0.15) is 4.57 Å². The first-order chi connectivity index (χ1) is 16.3. The van der Waals surface area contributed by atoms with Crippen molar-refractivity contribution < 1.29 is 4.57 Å². The van der Waals surface area contributed by atoms with Crippen LogP contribution in [0, 0.1) is 0 Å². The summed E-state index contributed by atoms with van der Waals surface area (Å²) >= 11 is 0. The van der Waals surface area contributed by atoms with Gasteiger partial charge in [-0.25, -0.2) is 0 Å². The van der Waals surface area contributed by atoms with Crippen LogP contribution in [-0.2, 0) is 12.8 Å². The monoisotopic (exact) mass is 450 g/mol. The molecule has 184 valence electrons. The van der Waals surface area contributed by atoms with Crippen LogP contribution >= 0.6 is 0 Å². The summed E-state index contributed by atoms with van der Waals surface area (Å²) in [6.45, 7) is 6.92. The van der Waals surface area contributed by atoms with Gasteiger partial charge in [0.25, 0.3) is 0 Å². The van der Waals surface area contributed by atoms with Crippen LogP contribution in [0.4, 0.5) is 0 Å². The molecule has 1 aromatic heterocycles. The Morgan fingerprint density at radius 1 is 0.576 bits per heavy atom. The van der Waals surface area contributed by atoms with Gasteiger partial charge in [-0.05, 0) is 31.7 Å². The number of benzene rings is 1. The first kappa shape index (κ1) is 27.6. The third-order valence-electron chi connectivity index (χ3n) is 7.07. The van der Waals surface area contributed by atoms with Gasteiger partial charge in [0.05, 0.1) is 0 Å². The molecule has 0 saturated carbocycles. The number of unbranched alkanes of at least 4 members (excludes halogenated alkanes) is 12. The largest absolute Gasteiger partial charge is 0.198 e. The third kappa shape index (κ3) is 11.4. The highest BCUT2D eigenvalue weighted by molar-refractivity contribution is 5.19. The Morgan fingerprint density at radius 3 is 1.48 bits per heavy atom. The second kappa shape index (κ2) is 17.8. The summed E-state index contributed by atoms with van der Waals surface area (Å²) in [5.41, 5.74) is 4.51. The maximum atomic E-state index is 2.53. The Bertz CT molecular complexity index is 684. The van der Waals surface area contributed by atoms with E-state index in [-0.39, 0.29) is 0 Å². The molecule has 0 bridgehead atoms. The molecule has 2 rings (SSSR count). The number of rotatable bonds is 19. The van der Waals surface area contributed by atoms with Crippen LogP contribution in [0.3, 0.4) is 0 Å². The molecule has 0 fully saturated rings. The van der Waals surface area contributed by atoms with Gasteiger partial charge < -0.3 is 0 Å². The lowest BCUT2D eigenvalue weighted by Crippen LogP contribution is -2.40. The summed E-state index contributed by atoms with van der Waals surface area (Å²) in [4.78, 5) is 0. The second-order valence-electron chi connectivity index (χ2n) is 10.1. The molecule has 0 aliphatic rings. The van der Waals surface area contributed by atoms with E-state index in [2.05, 4.69) is 74.1 Å². The Morgan fingerprint density at radius 2 is 1.03 bits per heavy atom. The van der Waals surface area contributed by atoms with Crippen molar-refractivity contribution in [1.82, 2.24) is 0 Å². The molecule has 0 aliphatic carbocycles. The highest BCUT2D eigenvalue weighted by Crippen LogP contribution is 2.19. The lowest BCUT2D eigenvalue weighted by atomic mass is 10.00. The lowest BCUT2D eigenvalue weighted by Gasteiger charge is -2.14. The highest BCUT2D eigenvalue weighted by atomic mass is 15.0. The maximum absolute atomic E-state index is 2.53.